The molecule has 3 aromatic rings. The highest BCUT2D eigenvalue weighted by molar-refractivity contribution is 7.89. The topological polar surface area (TPSA) is 122 Å². The highest BCUT2D eigenvalue weighted by Crippen LogP contribution is 2.26. The highest BCUT2D eigenvalue weighted by atomic mass is 32.2. The predicted octanol–water partition coefficient (Wildman–Crippen LogP) is 2.29. The Bertz CT molecular complexity index is 1230. The molecule has 4 rings (SSSR count). The molecule has 1 aliphatic heterocycles. The fourth-order valence-electron chi connectivity index (χ4n) is 3.70. The predicted molar refractivity (Wildman–Crippen MR) is 115 cm³/mol. The lowest BCUT2D eigenvalue weighted by Gasteiger charge is -2.33. The number of non-ortho nitro benzene ring substituents is 1. The maximum absolute atomic E-state index is 13.1. The zero-order valence-electron chi connectivity index (χ0n) is 17.2. The zero-order chi connectivity index (χ0) is 22.2. The first-order valence-electron chi connectivity index (χ1n) is 9.78. The van der Waals surface area contributed by atoms with Crippen molar-refractivity contribution in [1.82, 2.24) is 19.2 Å². The van der Waals surface area contributed by atoms with Crippen LogP contribution in [0.25, 0.3) is 11.0 Å². The van der Waals surface area contributed by atoms with Crippen molar-refractivity contribution < 1.29 is 18.1 Å². The van der Waals surface area contributed by atoms with Gasteiger partial charge >= 0.3 is 0 Å². The van der Waals surface area contributed by atoms with Crippen LogP contribution in [0.1, 0.15) is 11.4 Å². The molecule has 0 unspecified atom stereocenters. The summed E-state index contributed by atoms with van der Waals surface area (Å²) in [5, 5.41) is 11.1. The molecule has 10 nitrogen and oxygen atoms in total. The number of aryl methyl sites for hydroxylation is 1. The van der Waals surface area contributed by atoms with Crippen LogP contribution in [0.4, 0.5) is 5.69 Å². The Balaban J connectivity index is 1.45. The van der Waals surface area contributed by atoms with E-state index in [2.05, 4.69) is 14.9 Å². The summed E-state index contributed by atoms with van der Waals surface area (Å²) in [6, 6.07) is 9.55. The molecule has 0 spiro atoms. The van der Waals surface area contributed by atoms with Crippen molar-refractivity contribution in [2.45, 2.75) is 18.4 Å². The summed E-state index contributed by atoms with van der Waals surface area (Å²) in [7, 11) is -2.20. The number of methoxy groups -OCH3 is 1. The molecule has 0 amide bonds. The molecule has 0 aliphatic carbocycles. The molecule has 1 saturated heterocycles. The Morgan fingerprint density at radius 3 is 2.58 bits per heavy atom. The van der Waals surface area contributed by atoms with E-state index in [0.717, 1.165) is 28.7 Å². The van der Waals surface area contributed by atoms with Gasteiger partial charge in [0.05, 0.1) is 34.5 Å². The average Bonchev–Trinajstić information content (AvgIpc) is 3.15. The maximum atomic E-state index is 13.1. The van der Waals surface area contributed by atoms with Gasteiger partial charge in [0.1, 0.15) is 11.6 Å². The van der Waals surface area contributed by atoms with E-state index in [0.29, 0.717) is 38.3 Å². The van der Waals surface area contributed by atoms with Crippen molar-refractivity contribution >= 4 is 26.7 Å². The van der Waals surface area contributed by atoms with Crippen molar-refractivity contribution in [2.24, 2.45) is 0 Å². The minimum atomic E-state index is -3.81. The Labute approximate surface area is 179 Å². The molecule has 1 aliphatic rings. The van der Waals surface area contributed by atoms with Crippen LogP contribution in [0.5, 0.6) is 5.75 Å². The van der Waals surface area contributed by atoms with E-state index in [1.807, 2.05) is 18.2 Å². The van der Waals surface area contributed by atoms with Gasteiger partial charge in [-0.1, -0.05) is 6.07 Å². The number of nitrogens with one attached hydrogen (secondary N) is 1. The minimum absolute atomic E-state index is 0.0126. The number of ether oxygens (including phenoxy) is 1. The number of aromatic nitrogens is 2. The third-order valence-corrected chi connectivity index (χ3v) is 7.48. The van der Waals surface area contributed by atoms with E-state index in [-0.39, 0.29) is 10.6 Å². The summed E-state index contributed by atoms with van der Waals surface area (Å²) in [6.07, 6.45) is 0. The number of rotatable bonds is 6. The molecule has 11 heteroatoms. The number of hydrogen-bond acceptors (Lipinski definition) is 7. The van der Waals surface area contributed by atoms with E-state index in [4.69, 9.17) is 4.74 Å². The van der Waals surface area contributed by atoms with Crippen molar-refractivity contribution in [3.8, 4) is 5.75 Å². The SMILES string of the molecule is COc1ccc2nc(CN3CCN(S(=O)(=O)c4cc([N+](=O)[O-])ccc4C)CC3)[nH]c2c1. The van der Waals surface area contributed by atoms with Gasteiger partial charge in [-0.15, -0.1) is 0 Å². The summed E-state index contributed by atoms with van der Waals surface area (Å²) in [6.45, 7) is 3.89. The van der Waals surface area contributed by atoms with Crippen LogP contribution in [0.2, 0.25) is 0 Å². The standard InChI is InChI=1S/C20H23N5O5S/c1-14-3-4-15(25(26)27)11-19(14)31(28,29)24-9-7-23(8-10-24)13-20-21-17-6-5-16(30-2)12-18(17)22-20/h3-6,11-12H,7-10,13H2,1-2H3,(H,21,22). The number of H-pyrrole nitrogens is 1. The number of nitrogens with zero attached hydrogens (tertiary/aromatic N) is 4. The van der Waals surface area contributed by atoms with Crippen molar-refractivity contribution in [2.75, 3.05) is 33.3 Å². The van der Waals surface area contributed by atoms with Crippen LogP contribution >= 0.6 is 0 Å². The van der Waals surface area contributed by atoms with E-state index < -0.39 is 14.9 Å². The first-order chi connectivity index (χ1) is 14.8. The second-order valence-electron chi connectivity index (χ2n) is 7.45. The van der Waals surface area contributed by atoms with E-state index in [1.54, 1.807) is 14.0 Å². The van der Waals surface area contributed by atoms with Gasteiger partial charge in [-0.3, -0.25) is 15.0 Å². The molecule has 1 fully saturated rings. The molecular weight excluding hydrogens is 422 g/mol. The van der Waals surface area contributed by atoms with Crippen LogP contribution in [0.3, 0.4) is 0 Å². The monoisotopic (exact) mass is 445 g/mol. The zero-order valence-corrected chi connectivity index (χ0v) is 18.1. The Morgan fingerprint density at radius 1 is 1.16 bits per heavy atom. The summed E-state index contributed by atoms with van der Waals surface area (Å²) in [4.78, 5) is 20.5. The van der Waals surface area contributed by atoms with Crippen LogP contribution in [-0.4, -0.2) is 65.8 Å². The van der Waals surface area contributed by atoms with Gasteiger partial charge in [0.15, 0.2) is 0 Å². The molecule has 164 valence electrons. The van der Waals surface area contributed by atoms with Gasteiger partial charge < -0.3 is 9.72 Å². The van der Waals surface area contributed by atoms with Crippen LogP contribution in [0.15, 0.2) is 41.3 Å². The number of imidazole rings is 1. The molecule has 1 N–H and O–H groups in total. The quantitative estimate of drug-likeness (QED) is 0.456. The van der Waals surface area contributed by atoms with Gasteiger partial charge in [0, 0.05) is 44.4 Å². The second-order valence-corrected chi connectivity index (χ2v) is 9.36. The van der Waals surface area contributed by atoms with Gasteiger partial charge in [0.25, 0.3) is 5.69 Å². The number of nitro benzene ring substituents is 1. The molecule has 1 aromatic heterocycles. The number of piperazine rings is 1. The van der Waals surface area contributed by atoms with Crippen LogP contribution < -0.4 is 4.74 Å². The Kier molecular flexibility index (Phi) is 5.65. The largest absolute Gasteiger partial charge is 0.497 e. The third-order valence-electron chi connectivity index (χ3n) is 5.44. The Hall–Kier alpha value is -3.02. The second kappa shape index (κ2) is 8.25. The lowest BCUT2D eigenvalue weighted by atomic mass is 10.2. The molecule has 2 aromatic carbocycles. The number of nitro groups is 1. The smallest absolute Gasteiger partial charge is 0.270 e. The highest BCUT2D eigenvalue weighted by Gasteiger charge is 2.31. The number of fused-ring (bicyclic) bond motifs is 1. The lowest BCUT2D eigenvalue weighted by Crippen LogP contribution is -2.48. The number of aromatic amines is 1. The third kappa shape index (κ3) is 4.24. The van der Waals surface area contributed by atoms with Crippen LogP contribution in [-0.2, 0) is 16.6 Å². The first kappa shape index (κ1) is 21.2. The normalized spacial score (nSPS) is 15.9. The van der Waals surface area contributed by atoms with Crippen molar-refractivity contribution in [3.05, 3.63) is 57.9 Å². The van der Waals surface area contributed by atoms with Crippen LogP contribution in [0, 0.1) is 17.0 Å². The van der Waals surface area contributed by atoms with E-state index in [1.165, 1.54) is 16.4 Å². The summed E-state index contributed by atoms with van der Waals surface area (Å²) in [5.41, 5.74) is 1.99. The molecule has 2 heterocycles. The molecule has 0 bridgehead atoms. The maximum Gasteiger partial charge on any atom is 0.270 e. The van der Waals surface area contributed by atoms with Gasteiger partial charge in [-0.05, 0) is 24.6 Å². The molecule has 0 atom stereocenters. The van der Waals surface area contributed by atoms with Gasteiger partial charge in [-0.2, -0.15) is 4.31 Å². The molecular formula is C20H23N5O5S. The fraction of sp³-hybridized carbons (Fsp3) is 0.350. The fourth-order valence-corrected chi connectivity index (χ4v) is 5.37. The van der Waals surface area contributed by atoms with Gasteiger partial charge in [0.2, 0.25) is 10.0 Å². The first-order valence-corrected chi connectivity index (χ1v) is 11.2. The lowest BCUT2D eigenvalue weighted by molar-refractivity contribution is -0.385. The summed E-state index contributed by atoms with van der Waals surface area (Å²) in [5.74, 6) is 1.55. The average molecular weight is 446 g/mol. The Morgan fingerprint density at radius 2 is 1.90 bits per heavy atom. The molecule has 31 heavy (non-hydrogen) atoms. The molecule has 0 saturated carbocycles. The van der Waals surface area contributed by atoms with Crippen molar-refractivity contribution in [3.63, 3.8) is 0 Å². The number of hydrogen-bond donors (Lipinski definition) is 1. The molecule has 0 radical (unpaired) electrons. The summed E-state index contributed by atoms with van der Waals surface area (Å²) >= 11 is 0. The summed E-state index contributed by atoms with van der Waals surface area (Å²) < 4.78 is 32.8. The van der Waals surface area contributed by atoms with Gasteiger partial charge in [-0.25, -0.2) is 13.4 Å². The van der Waals surface area contributed by atoms with E-state index in [9.17, 15) is 18.5 Å². The number of benzene rings is 2. The minimum Gasteiger partial charge on any atom is -0.497 e. The number of sulfonamides is 1. The van der Waals surface area contributed by atoms with Crippen molar-refractivity contribution in [1.29, 1.82) is 0 Å². The van der Waals surface area contributed by atoms with E-state index >= 15 is 0 Å².